The van der Waals surface area contributed by atoms with Crippen LogP contribution in [0.5, 0.6) is 5.75 Å². The average Bonchev–Trinajstić information content (AvgIpc) is 2.78. The van der Waals surface area contributed by atoms with E-state index in [1.165, 1.54) is 10.1 Å². The van der Waals surface area contributed by atoms with Crippen molar-refractivity contribution in [1.29, 1.82) is 0 Å². The molecule has 2 bridgehead atoms. The molecule has 0 unspecified atom stereocenters. The van der Waals surface area contributed by atoms with Gasteiger partial charge in [0.1, 0.15) is 0 Å². The zero-order valence-electron chi connectivity index (χ0n) is 14.0. The topological polar surface area (TPSA) is 32.8 Å². The van der Waals surface area contributed by atoms with E-state index in [9.17, 15) is 4.79 Å². The van der Waals surface area contributed by atoms with Gasteiger partial charge in [-0.15, -0.1) is 11.3 Å². The lowest BCUT2D eigenvalue weighted by atomic mass is 10.1. The van der Waals surface area contributed by atoms with Gasteiger partial charge in [-0.05, 0) is 25.0 Å². The SMILES string of the molecule is O=C(Oc1cccc2c1sc1ccccc12)N1CCN2CCC1CC2. The van der Waals surface area contributed by atoms with E-state index in [0.717, 1.165) is 49.1 Å². The lowest BCUT2D eigenvalue weighted by Gasteiger charge is -2.30. The van der Waals surface area contributed by atoms with Crippen LogP contribution in [0.2, 0.25) is 0 Å². The molecule has 0 saturated carbocycles. The van der Waals surface area contributed by atoms with Crippen LogP contribution in [0.4, 0.5) is 4.79 Å². The summed E-state index contributed by atoms with van der Waals surface area (Å²) in [6.45, 7) is 3.92. The summed E-state index contributed by atoms with van der Waals surface area (Å²) in [6, 6.07) is 14.7. The molecule has 0 spiro atoms. The Morgan fingerprint density at radius 1 is 0.960 bits per heavy atom. The van der Waals surface area contributed by atoms with Gasteiger partial charge in [-0.3, -0.25) is 0 Å². The first kappa shape index (κ1) is 15.2. The third kappa shape index (κ3) is 2.58. The predicted octanol–water partition coefficient (Wildman–Crippen LogP) is 4.33. The van der Waals surface area contributed by atoms with Crippen molar-refractivity contribution in [2.24, 2.45) is 0 Å². The van der Waals surface area contributed by atoms with Crippen LogP contribution in [0.25, 0.3) is 20.2 Å². The maximum absolute atomic E-state index is 12.9. The maximum Gasteiger partial charge on any atom is 0.415 e. The summed E-state index contributed by atoms with van der Waals surface area (Å²) < 4.78 is 8.16. The van der Waals surface area contributed by atoms with Crippen molar-refractivity contribution in [3.05, 3.63) is 42.5 Å². The van der Waals surface area contributed by atoms with Gasteiger partial charge >= 0.3 is 6.09 Å². The molecule has 0 N–H and O–H groups in total. The van der Waals surface area contributed by atoms with Crippen molar-refractivity contribution in [1.82, 2.24) is 9.80 Å². The summed E-state index contributed by atoms with van der Waals surface area (Å²) in [6.07, 6.45) is 1.92. The number of carbonyl (C=O) groups excluding carboxylic acids is 1. The summed E-state index contributed by atoms with van der Waals surface area (Å²) in [7, 11) is 0. The molecule has 4 heterocycles. The van der Waals surface area contributed by atoms with Crippen LogP contribution in [-0.2, 0) is 0 Å². The third-order valence-corrected chi connectivity index (χ3v) is 6.66. The molecule has 128 valence electrons. The Balaban J connectivity index is 1.48. The molecule has 4 nitrogen and oxygen atoms in total. The van der Waals surface area contributed by atoms with E-state index in [1.54, 1.807) is 11.3 Å². The Hall–Kier alpha value is -2.11. The first-order chi connectivity index (χ1) is 12.3. The summed E-state index contributed by atoms with van der Waals surface area (Å²) in [4.78, 5) is 17.2. The van der Waals surface area contributed by atoms with Crippen LogP contribution in [0.1, 0.15) is 12.8 Å². The maximum atomic E-state index is 12.9. The predicted molar refractivity (Wildman–Crippen MR) is 102 cm³/mol. The van der Waals surface area contributed by atoms with Crippen LogP contribution >= 0.6 is 11.3 Å². The monoisotopic (exact) mass is 352 g/mol. The highest BCUT2D eigenvalue weighted by Gasteiger charge is 2.33. The van der Waals surface area contributed by atoms with Gasteiger partial charge in [-0.25, -0.2) is 4.79 Å². The first-order valence-electron chi connectivity index (χ1n) is 8.91. The van der Waals surface area contributed by atoms with Crippen molar-refractivity contribution in [2.75, 3.05) is 26.2 Å². The molecule has 25 heavy (non-hydrogen) atoms. The second-order valence-electron chi connectivity index (χ2n) is 6.87. The van der Waals surface area contributed by atoms with Gasteiger partial charge in [-0.2, -0.15) is 0 Å². The minimum absolute atomic E-state index is 0.196. The molecule has 0 aliphatic carbocycles. The fraction of sp³-hybridized carbons (Fsp3) is 0.350. The lowest BCUT2D eigenvalue weighted by molar-refractivity contribution is 0.131. The number of thiophene rings is 1. The Bertz CT molecular complexity index is 943. The highest BCUT2D eigenvalue weighted by molar-refractivity contribution is 7.26. The smallest absolute Gasteiger partial charge is 0.409 e. The number of fused-ring (bicyclic) bond motifs is 7. The lowest BCUT2D eigenvalue weighted by Crippen LogP contribution is -2.43. The van der Waals surface area contributed by atoms with Crippen LogP contribution in [-0.4, -0.2) is 48.1 Å². The number of hydrogen-bond acceptors (Lipinski definition) is 4. The number of carbonyl (C=O) groups is 1. The van der Waals surface area contributed by atoms with E-state index < -0.39 is 0 Å². The Morgan fingerprint density at radius 3 is 2.64 bits per heavy atom. The number of piperidine rings is 1. The molecule has 3 aliphatic rings. The van der Waals surface area contributed by atoms with Gasteiger partial charge in [0.2, 0.25) is 0 Å². The third-order valence-electron chi connectivity index (χ3n) is 5.45. The quantitative estimate of drug-likeness (QED) is 0.653. The van der Waals surface area contributed by atoms with Crippen molar-refractivity contribution in [2.45, 2.75) is 18.9 Å². The van der Waals surface area contributed by atoms with Crippen LogP contribution in [0, 0.1) is 0 Å². The summed E-state index contributed by atoms with van der Waals surface area (Å²) in [5.74, 6) is 0.683. The van der Waals surface area contributed by atoms with E-state index in [4.69, 9.17) is 4.74 Å². The average molecular weight is 352 g/mol. The van der Waals surface area contributed by atoms with Crippen molar-refractivity contribution < 1.29 is 9.53 Å². The molecule has 6 rings (SSSR count). The van der Waals surface area contributed by atoms with Gasteiger partial charge in [0.05, 0.1) is 4.70 Å². The van der Waals surface area contributed by atoms with Crippen LogP contribution in [0.3, 0.4) is 0 Å². The second kappa shape index (κ2) is 6.00. The molecule has 3 aromatic rings. The Kier molecular flexibility index (Phi) is 3.64. The van der Waals surface area contributed by atoms with Crippen molar-refractivity contribution >= 4 is 37.6 Å². The molecule has 0 radical (unpaired) electrons. The molecular weight excluding hydrogens is 332 g/mol. The normalized spacial score (nSPS) is 23.1. The zero-order valence-corrected chi connectivity index (χ0v) is 14.8. The fourth-order valence-corrected chi connectivity index (χ4v) is 5.23. The minimum Gasteiger partial charge on any atom is -0.409 e. The van der Waals surface area contributed by atoms with Crippen LogP contribution < -0.4 is 4.74 Å². The van der Waals surface area contributed by atoms with Gasteiger partial charge in [0.25, 0.3) is 0 Å². The Labute approximate surface area is 150 Å². The largest absolute Gasteiger partial charge is 0.415 e. The minimum atomic E-state index is -0.196. The number of rotatable bonds is 1. The summed E-state index contributed by atoms with van der Waals surface area (Å²) >= 11 is 1.69. The van der Waals surface area contributed by atoms with E-state index in [0.29, 0.717) is 11.8 Å². The molecular formula is C20H20N2O2S. The summed E-state index contributed by atoms with van der Waals surface area (Å²) in [5, 5.41) is 2.38. The van der Waals surface area contributed by atoms with Crippen LogP contribution in [0.15, 0.2) is 42.5 Å². The second-order valence-corrected chi connectivity index (χ2v) is 7.92. The number of nitrogens with zero attached hydrogens (tertiary/aromatic N) is 2. The molecule has 3 saturated heterocycles. The first-order valence-corrected chi connectivity index (χ1v) is 9.72. The van der Waals surface area contributed by atoms with E-state index >= 15 is 0 Å². The number of amides is 1. The van der Waals surface area contributed by atoms with E-state index in [-0.39, 0.29) is 6.09 Å². The fourth-order valence-electron chi connectivity index (χ4n) is 4.08. The Morgan fingerprint density at radius 2 is 1.76 bits per heavy atom. The van der Waals surface area contributed by atoms with Crippen molar-refractivity contribution in [3.8, 4) is 5.75 Å². The van der Waals surface area contributed by atoms with Gasteiger partial charge in [0.15, 0.2) is 5.75 Å². The zero-order chi connectivity index (χ0) is 16.8. The number of ether oxygens (including phenoxy) is 1. The number of benzene rings is 2. The summed E-state index contributed by atoms with van der Waals surface area (Å²) in [5.41, 5.74) is 0. The molecule has 2 aromatic carbocycles. The van der Waals surface area contributed by atoms with Gasteiger partial charge in [0, 0.05) is 47.7 Å². The molecule has 1 amide bonds. The van der Waals surface area contributed by atoms with E-state index in [2.05, 4.69) is 29.2 Å². The standard InChI is InChI=1S/C20H20N2O2S/c23-20(22-13-12-21-10-8-14(22)9-11-21)24-17-6-3-5-16-15-4-1-2-7-18(15)25-19(16)17/h1-7,14H,8-13H2. The molecule has 0 atom stereocenters. The van der Waals surface area contributed by atoms with Gasteiger partial charge in [-0.1, -0.05) is 30.3 Å². The molecule has 3 aliphatic heterocycles. The number of hydrogen-bond donors (Lipinski definition) is 0. The van der Waals surface area contributed by atoms with Gasteiger partial charge < -0.3 is 14.5 Å². The highest BCUT2D eigenvalue weighted by Crippen LogP contribution is 2.39. The molecule has 5 heteroatoms. The highest BCUT2D eigenvalue weighted by atomic mass is 32.1. The molecule has 1 aromatic heterocycles. The molecule has 3 fully saturated rings. The van der Waals surface area contributed by atoms with E-state index in [1.807, 2.05) is 23.1 Å². The van der Waals surface area contributed by atoms with Crippen molar-refractivity contribution in [3.63, 3.8) is 0 Å².